The Hall–Kier alpha value is -3.35. The van der Waals surface area contributed by atoms with Gasteiger partial charge in [0.1, 0.15) is 17.2 Å². The Morgan fingerprint density at radius 2 is 1.64 bits per heavy atom. The molecule has 1 fully saturated rings. The van der Waals surface area contributed by atoms with E-state index in [1.54, 1.807) is 37.8 Å². The number of hydrogen-bond donors (Lipinski definition) is 2. The number of halogens is 2. The largest absolute Gasteiger partial charge is 0.444 e. The van der Waals surface area contributed by atoms with Gasteiger partial charge in [-0.3, -0.25) is 14.5 Å². The van der Waals surface area contributed by atoms with E-state index in [4.69, 9.17) is 19.6 Å². The summed E-state index contributed by atoms with van der Waals surface area (Å²) in [6.45, 7) is 18.4. The summed E-state index contributed by atoms with van der Waals surface area (Å²) in [5.41, 5.74) is 5.31. The predicted molar refractivity (Wildman–Crippen MR) is 180 cm³/mol. The van der Waals surface area contributed by atoms with E-state index in [0.717, 1.165) is 12.5 Å². The number of carbonyl (C=O) groups is 3. The van der Waals surface area contributed by atoms with Crippen LogP contribution in [0.25, 0.3) is 0 Å². The standard InChI is InChI=1S/C35H51F2N3O6Si/c1-10-14-44-27-20-29(40(21-27)33(43)45-34(2,3)4)30(46-47(8,9)35(5,6)7)28(17-22-15-25(36)19-26(37)16-22)39-32(42)24-13-11-12-23(18-24)31(38)41/h11-13,15-16,18-19,27-30H,10,14,17,20-21H2,1-9H3,(H2,38,41)(H,39,42)/t27?,28-,29?,30-/m0/s1. The molecule has 2 unspecified atom stereocenters. The zero-order valence-corrected chi connectivity index (χ0v) is 30.1. The maximum atomic E-state index is 14.5. The zero-order valence-electron chi connectivity index (χ0n) is 29.1. The van der Waals surface area contributed by atoms with E-state index in [-0.39, 0.29) is 35.2 Å². The molecule has 1 saturated heterocycles. The normalized spacial score (nSPS) is 18.5. The van der Waals surface area contributed by atoms with Gasteiger partial charge in [0, 0.05) is 23.8 Å². The first-order valence-corrected chi connectivity index (χ1v) is 19.1. The second-order valence-corrected chi connectivity index (χ2v) is 19.5. The van der Waals surface area contributed by atoms with Crippen molar-refractivity contribution in [1.29, 1.82) is 0 Å². The van der Waals surface area contributed by atoms with Gasteiger partial charge < -0.3 is 25.0 Å². The van der Waals surface area contributed by atoms with Crippen molar-refractivity contribution in [2.75, 3.05) is 13.2 Å². The topological polar surface area (TPSA) is 120 Å². The summed E-state index contributed by atoms with van der Waals surface area (Å²) in [5.74, 6) is -2.75. The first-order valence-electron chi connectivity index (χ1n) is 16.2. The van der Waals surface area contributed by atoms with Crippen molar-refractivity contribution in [2.45, 2.75) is 116 Å². The van der Waals surface area contributed by atoms with E-state index in [1.807, 2.05) is 6.92 Å². The highest BCUT2D eigenvalue weighted by molar-refractivity contribution is 6.74. The monoisotopic (exact) mass is 675 g/mol. The summed E-state index contributed by atoms with van der Waals surface area (Å²) in [6.07, 6.45) is -0.564. The molecule has 3 rings (SSSR count). The molecule has 1 aliphatic heterocycles. The van der Waals surface area contributed by atoms with Crippen molar-refractivity contribution in [3.05, 3.63) is 70.8 Å². The molecule has 4 atom stereocenters. The molecule has 260 valence electrons. The number of rotatable bonds is 12. The van der Waals surface area contributed by atoms with Crippen LogP contribution in [0.1, 0.15) is 87.6 Å². The average molecular weight is 676 g/mol. The predicted octanol–water partition coefficient (Wildman–Crippen LogP) is 6.60. The summed E-state index contributed by atoms with van der Waals surface area (Å²) in [4.78, 5) is 41.1. The molecule has 47 heavy (non-hydrogen) atoms. The third-order valence-electron chi connectivity index (χ3n) is 8.61. The molecule has 0 aliphatic carbocycles. The average Bonchev–Trinajstić information content (AvgIpc) is 3.36. The van der Waals surface area contributed by atoms with Crippen molar-refractivity contribution in [2.24, 2.45) is 5.73 Å². The second kappa shape index (κ2) is 15.2. The minimum absolute atomic E-state index is 0.0195. The lowest BCUT2D eigenvalue weighted by atomic mass is 9.94. The molecule has 3 N–H and O–H groups in total. The molecule has 2 aromatic rings. The number of nitrogens with zero attached hydrogens (tertiary/aromatic N) is 1. The number of nitrogens with two attached hydrogens (primary N) is 1. The van der Waals surface area contributed by atoms with E-state index in [9.17, 15) is 23.2 Å². The number of amides is 3. The SMILES string of the molecule is CCCOC1CC([C@@H](O[Si](C)(C)C(C)(C)C)[C@H](Cc2cc(F)cc(F)c2)NC(=O)c2cccc(C(N)=O)c2)N(C(=O)OC(C)(C)C)C1. The van der Waals surface area contributed by atoms with Gasteiger partial charge in [-0.25, -0.2) is 13.6 Å². The van der Waals surface area contributed by atoms with Crippen molar-refractivity contribution >= 4 is 26.2 Å². The number of likely N-dealkylation sites (tertiary alicyclic amines) is 1. The van der Waals surface area contributed by atoms with Crippen LogP contribution in [-0.2, 0) is 20.3 Å². The molecule has 12 heteroatoms. The molecule has 3 amide bonds. The molecule has 1 aliphatic rings. The molecule has 0 bridgehead atoms. The Morgan fingerprint density at radius 1 is 1.02 bits per heavy atom. The maximum Gasteiger partial charge on any atom is 0.410 e. The summed E-state index contributed by atoms with van der Waals surface area (Å²) < 4.78 is 48.0. The number of primary amides is 1. The molecule has 9 nitrogen and oxygen atoms in total. The van der Waals surface area contributed by atoms with Crippen LogP contribution in [0.15, 0.2) is 42.5 Å². The fourth-order valence-electron chi connectivity index (χ4n) is 5.32. The highest BCUT2D eigenvalue weighted by Crippen LogP contribution is 2.40. The molecule has 0 saturated carbocycles. The van der Waals surface area contributed by atoms with Gasteiger partial charge in [-0.1, -0.05) is 33.8 Å². The highest BCUT2D eigenvalue weighted by atomic mass is 28.4. The minimum Gasteiger partial charge on any atom is -0.444 e. The van der Waals surface area contributed by atoms with Gasteiger partial charge in [0.15, 0.2) is 8.32 Å². The summed E-state index contributed by atoms with van der Waals surface area (Å²) in [7, 11) is -2.63. The lowest BCUT2D eigenvalue weighted by molar-refractivity contribution is 0.000339. The fourth-order valence-corrected chi connectivity index (χ4v) is 6.67. The van der Waals surface area contributed by atoms with Crippen LogP contribution in [0.3, 0.4) is 0 Å². The van der Waals surface area contributed by atoms with Crippen LogP contribution in [0, 0.1) is 11.6 Å². The summed E-state index contributed by atoms with van der Waals surface area (Å²) >= 11 is 0. The Morgan fingerprint density at radius 3 is 2.19 bits per heavy atom. The number of ether oxygens (including phenoxy) is 2. The van der Waals surface area contributed by atoms with Gasteiger partial charge in [-0.05, 0) is 94.1 Å². The number of benzene rings is 2. The van der Waals surface area contributed by atoms with E-state index < -0.39 is 61.6 Å². The third-order valence-corrected chi connectivity index (χ3v) is 13.1. The first-order chi connectivity index (χ1) is 21.7. The lowest BCUT2D eigenvalue weighted by Crippen LogP contribution is -2.60. The molecular formula is C35H51F2N3O6Si. The highest BCUT2D eigenvalue weighted by Gasteiger charge is 2.49. The number of carbonyl (C=O) groups excluding carboxylic acids is 3. The minimum atomic E-state index is -2.63. The lowest BCUT2D eigenvalue weighted by Gasteiger charge is -2.45. The van der Waals surface area contributed by atoms with Gasteiger partial charge in [0.2, 0.25) is 5.91 Å². The van der Waals surface area contributed by atoms with Crippen molar-refractivity contribution in [3.8, 4) is 0 Å². The van der Waals surface area contributed by atoms with Crippen LogP contribution in [0.4, 0.5) is 13.6 Å². The first kappa shape index (κ1) is 38.1. The van der Waals surface area contributed by atoms with Crippen molar-refractivity contribution < 1.29 is 37.1 Å². The molecule has 0 aromatic heterocycles. The van der Waals surface area contributed by atoms with Crippen LogP contribution in [-0.4, -0.2) is 74.2 Å². The van der Waals surface area contributed by atoms with Crippen LogP contribution >= 0.6 is 0 Å². The molecule has 0 spiro atoms. The molecule has 0 radical (unpaired) electrons. The number of hydrogen-bond acceptors (Lipinski definition) is 6. The van der Waals surface area contributed by atoms with Crippen molar-refractivity contribution in [3.63, 3.8) is 0 Å². The van der Waals surface area contributed by atoms with E-state index in [1.165, 1.54) is 24.3 Å². The Labute approximate surface area is 278 Å². The summed E-state index contributed by atoms with van der Waals surface area (Å²) in [6, 6.07) is 7.69. The smallest absolute Gasteiger partial charge is 0.410 e. The van der Waals surface area contributed by atoms with E-state index in [2.05, 4.69) is 39.2 Å². The van der Waals surface area contributed by atoms with Gasteiger partial charge in [-0.2, -0.15) is 0 Å². The summed E-state index contributed by atoms with van der Waals surface area (Å²) in [5, 5.41) is 2.78. The van der Waals surface area contributed by atoms with Crippen LogP contribution < -0.4 is 11.1 Å². The molecule has 1 heterocycles. The van der Waals surface area contributed by atoms with Crippen LogP contribution in [0.5, 0.6) is 0 Å². The van der Waals surface area contributed by atoms with E-state index >= 15 is 0 Å². The van der Waals surface area contributed by atoms with Gasteiger partial charge >= 0.3 is 6.09 Å². The Balaban J connectivity index is 2.18. The molecule has 2 aromatic carbocycles. The quantitative estimate of drug-likeness (QED) is 0.245. The Bertz CT molecular complexity index is 1400. The van der Waals surface area contributed by atoms with Gasteiger partial charge in [0.05, 0.1) is 30.8 Å². The van der Waals surface area contributed by atoms with Crippen LogP contribution in [0.2, 0.25) is 18.1 Å². The maximum absolute atomic E-state index is 14.5. The second-order valence-electron chi connectivity index (χ2n) is 14.8. The van der Waals surface area contributed by atoms with E-state index in [0.29, 0.717) is 18.6 Å². The van der Waals surface area contributed by atoms with Gasteiger partial charge in [0.25, 0.3) is 5.91 Å². The third kappa shape index (κ3) is 10.6. The fraction of sp³-hybridized carbons (Fsp3) is 0.571. The molecular weight excluding hydrogens is 624 g/mol. The zero-order chi connectivity index (χ0) is 35.3. The van der Waals surface area contributed by atoms with Crippen molar-refractivity contribution in [1.82, 2.24) is 10.2 Å². The van der Waals surface area contributed by atoms with Gasteiger partial charge in [-0.15, -0.1) is 0 Å². The Kier molecular flexibility index (Phi) is 12.4. The number of nitrogens with one attached hydrogen (secondary N) is 1.